The minimum absolute atomic E-state index is 0.320. The molecule has 5 heteroatoms. The van der Waals surface area contributed by atoms with Crippen molar-refractivity contribution in [2.24, 2.45) is 5.73 Å². The van der Waals surface area contributed by atoms with Crippen molar-refractivity contribution in [2.75, 3.05) is 0 Å². The van der Waals surface area contributed by atoms with E-state index in [-0.39, 0.29) is 0 Å². The van der Waals surface area contributed by atoms with Crippen LogP contribution in [-0.4, -0.2) is 19.8 Å². The third-order valence-corrected chi connectivity index (χ3v) is 2.72. The van der Waals surface area contributed by atoms with Crippen LogP contribution in [0.3, 0.4) is 0 Å². The lowest BCUT2D eigenvalue weighted by molar-refractivity contribution is 0.658. The first-order chi connectivity index (χ1) is 8.06. The van der Waals surface area contributed by atoms with Crippen LogP contribution in [0.15, 0.2) is 24.4 Å². The Morgan fingerprint density at radius 1 is 1.41 bits per heavy atom. The van der Waals surface area contributed by atoms with Crippen LogP contribution in [0.2, 0.25) is 0 Å². The van der Waals surface area contributed by atoms with Gasteiger partial charge in [-0.15, -0.1) is 0 Å². The van der Waals surface area contributed by atoms with E-state index in [0.29, 0.717) is 17.2 Å². The summed E-state index contributed by atoms with van der Waals surface area (Å²) in [6, 6.07) is 5.90. The molecule has 17 heavy (non-hydrogen) atoms. The Hall–Kier alpha value is -1.75. The summed E-state index contributed by atoms with van der Waals surface area (Å²) in [5.41, 5.74) is 9.46. The molecular weight excluding hydrogens is 232 g/mol. The van der Waals surface area contributed by atoms with Gasteiger partial charge in [-0.3, -0.25) is 9.67 Å². The molecule has 0 saturated carbocycles. The summed E-state index contributed by atoms with van der Waals surface area (Å²) in [6.45, 7) is 4.73. The number of aromatic nitrogens is 3. The Kier molecular flexibility index (Phi) is 3.19. The first-order valence-electron chi connectivity index (χ1n) is 5.32. The van der Waals surface area contributed by atoms with Crippen LogP contribution in [0.25, 0.3) is 0 Å². The molecule has 0 aromatic carbocycles. The molecule has 0 bridgehead atoms. The van der Waals surface area contributed by atoms with Crippen LogP contribution in [0, 0.1) is 13.8 Å². The van der Waals surface area contributed by atoms with Crippen LogP contribution < -0.4 is 5.73 Å². The minimum Gasteiger partial charge on any atom is -0.388 e. The highest BCUT2D eigenvalue weighted by molar-refractivity contribution is 7.80. The van der Waals surface area contributed by atoms with Gasteiger partial charge in [0.1, 0.15) is 4.99 Å². The molecule has 0 amide bonds. The average molecular weight is 246 g/mol. The molecule has 88 valence electrons. The smallest absolute Gasteiger partial charge is 0.122 e. The van der Waals surface area contributed by atoms with E-state index in [1.165, 1.54) is 0 Å². The van der Waals surface area contributed by atoms with Crippen molar-refractivity contribution < 1.29 is 0 Å². The number of aryl methyl sites for hydroxylation is 2. The van der Waals surface area contributed by atoms with Gasteiger partial charge in [0.15, 0.2) is 0 Å². The minimum atomic E-state index is 0.320. The van der Waals surface area contributed by atoms with Gasteiger partial charge in [-0.1, -0.05) is 12.2 Å². The molecule has 0 radical (unpaired) electrons. The normalized spacial score (nSPS) is 10.5. The molecule has 0 atom stereocenters. The third-order valence-electron chi connectivity index (χ3n) is 2.51. The number of rotatable bonds is 3. The second kappa shape index (κ2) is 4.63. The van der Waals surface area contributed by atoms with Gasteiger partial charge in [0.25, 0.3) is 0 Å². The number of hydrogen-bond acceptors (Lipinski definition) is 3. The van der Waals surface area contributed by atoms with E-state index in [2.05, 4.69) is 16.1 Å². The van der Waals surface area contributed by atoms with E-state index in [1.807, 2.05) is 30.7 Å². The Balaban J connectivity index is 2.27. The fourth-order valence-electron chi connectivity index (χ4n) is 1.72. The molecule has 2 aromatic heterocycles. The number of thiocarbonyl (C=S) groups is 1. The van der Waals surface area contributed by atoms with Gasteiger partial charge in [0.2, 0.25) is 0 Å². The molecule has 0 aliphatic carbocycles. The second-order valence-electron chi connectivity index (χ2n) is 4.00. The molecule has 0 aliphatic heterocycles. The summed E-state index contributed by atoms with van der Waals surface area (Å²) in [4.78, 5) is 4.43. The summed E-state index contributed by atoms with van der Waals surface area (Å²) >= 11 is 4.91. The third kappa shape index (κ3) is 2.68. The van der Waals surface area contributed by atoms with E-state index in [4.69, 9.17) is 18.0 Å². The van der Waals surface area contributed by atoms with Crippen LogP contribution in [0.1, 0.15) is 22.6 Å². The first-order valence-corrected chi connectivity index (χ1v) is 5.73. The second-order valence-corrected chi connectivity index (χ2v) is 4.44. The van der Waals surface area contributed by atoms with Crippen molar-refractivity contribution >= 4 is 17.2 Å². The van der Waals surface area contributed by atoms with Crippen molar-refractivity contribution in [1.29, 1.82) is 0 Å². The van der Waals surface area contributed by atoms with Crippen LogP contribution in [-0.2, 0) is 6.54 Å². The predicted molar refractivity (Wildman–Crippen MR) is 70.9 cm³/mol. The molecular formula is C12H14N4S. The quantitative estimate of drug-likeness (QED) is 0.835. The van der Waals surface area contributed by atoms with Crippen molar-refractivity contribution in [2.45, 2.75) is 20.4 Å². The van der Waals surface area contributed by atoms with E-state index < -0.39 is 0 Å². The number of pyridine rings is 1. The van der Waals surface area contributed by atoms with E-state index in [1.54, 1.807) is 6.20 Å². The average Bonchev–Trinajstić information content (AvgIpc) is 2.58. The zero-order valence-electron chi connectivity index (χ0n) is 9.84. The summed E-state index contributed by atoms with van der Waals surface area (Å²) in [5.74, 6) is 0. The Morgan fingerprint density at radius 3 is 2.76 bits per heavy atom. The molecule has 0 saturated heterocycles. The molecule has 2 heterocycles. The molecule has 2 N–H and O–H groups in total. The van der Waals surface area contributed by atoms with Gasteiger partial charge in [-0.25, -0.2) is 0 Å². The van der Waals surface area contributed by atoms with Crippen molar-refractivity contribution in [3.8, 4) is 0 Å². The summed E-state index contributed by atoms with van der Waals surface area (Å²) in [6.07, 6.45) is 1.72. The summed E-state index contributed by atoms with van der Waals surface area (Å²) in [7, 11) is 0. The largest absolute Gasteiger partial charge is 0.388 e. The SMILES string of the molecule is Cc1cc(C)n(Cc2ccnc(C(N)=S)c2)n1. The zero-order chi connectivity index (χ0) is 12.4. The fraction of sp³-hybridized carbons (Fsp3) is 0.250. The van der Waals surface area contributed by atoms with E-state index in [9.17, 15) is 0 Å². The van der Waals surface area contributed by atoms with Gasteiger partial charge in [-0.05, 0) is 37.6 Å². The van der Waals surface area contributed by atoms with Gasteiger partial charge in [-0.2, -0.15) is 5.10 Å². The van der Waals surface area contributed by atoms with Gasteiger partial charge in [0, 0.05) is 11.9 Å². The van der Waals surface area contributed by atoms with Crippen LogP contribution in [0.4, 0.5) is 0 Å². The lowest BCUT2D eigenvalue weighted by atomic mass is 10.2. The zero-order valence-corrected chi connectivity index (χ0v) is 10.7. The highest BCUT2D eigenvalue weighted by Gasteiger charge is 2.04. The molecule has 0 spiro atoms. The number of hydrogen-bond donors (Lipinski definition) is 1. The highest BCUT2D eigenvalue weighted by Crippen LogP contribution is 2.08. The predicted octanol–water partition coefficient (Wildman–Crippen LogP) is 1.58. The maximum absolute atomic E-state index is 5.56. The number of nitrogens with zero attached hydrogens (tertiary/aromatic N) is 3. The Bertz CT molecular complexity index is 559. The van der Waals surface area contributed by atoms with Gasteiger partial charge < -0.3 is 5.73 Å². The topological polar surface area (TPSA) is 56.7 Å². The maximum Gasteiger partial charge on any atom is 0.122 e. The van der Waals surface area contributed by atoms with E-state index >= 15 is 0 Å². The van der Waals surface area contributed by atoms with Crippen molar-refractivity contribution in [3.63, 3.8) is 0 Å². The van der Waals surface area contributed by atoms with Gasteiger partial charge in [0.05, 0.1) is 17.9 Å². The van der Waals surface area contributed by atoms with Crippen LogP contribution >= 0.6 is 12.2 Å². The van der Waals surface area contributed by atoms with E-state index in [0.717, 1.165) is 17.0 Å². The fourth-order valence-corrected chi connectivity index (χ4v) is 1.83. The monoisotopic (exact) mass is 246 g/mol. The molecule has 2 aromatic rings. The van der Waals surface area contributed by atoms with Crippen molar-refractivity contribution in [3.05, 3.63) is 47.0 Å². The first kappa shape index (κ1) is 11.7. The summed E-state index contributed by atoms with van der Waals surface area (Å²) < 4.78 is 1.95. The standard InChI is InChI=1S/C12H14N4S/c1-8-5-9(2)16(15-8)7-10-3-4-14-11(6-10)12(13)17/h3-6H,7H2,1-2H3,(H2,13,17). The molecule has 0 unspecified atom stereocenters. The van der Waals surface area contributed by atoms with Crippen LogP contribution in [0.5, 0.6) is 0 Å². The lowest BCUT2D eigenvalue weighted by Gasteiger charge is -2.05. The maximum atomic E-state index is 5.56. The Labute approximate surface area is 105 Å². The van der Waals surface area contributed by atoms with Gasteiger partial charge >= 0.3 is 0 Å². The molecule has 2 rings (SSSR count). The number of nitrogens with two attached hydrogens (primary N) is 1. The lowest BCUT2D eigenvalue weighted by Crippen LogP contribution is -2.12. The Morgan fingerprint density at radius 2 is 2.18 bits per heavy atom. The molecule has 0 aliphatic rings. The molecule has 0 fully saturated rings. The van der Waals surface area contributed by atoms with Crippen molar-refractivity contribution in [1.82, 2.24) is 14.8 Å². The molecule has 4 nitrogen and oxygen atoms in total. The summed E-state index contributed by atoms with van der Waals surface area (Å²) in [5, 5.41) is 4.41. The highest BCUT2D eigenvalue weighted by atomic mass is 32.1.